The Hall–Kier alpha value is -2.50. The smallest absolute Gasteiger partial charge is 0.319 e. The van der Waals surface area contributed by atoms with Crippen molar-refractivity contribution in [2.24, 2.45) is 0 Å². The molecule has 3 amide bonds. The fourth-order valence-corrected chi connectivity index (χ4v) is 2.93. The van der Waals surface area contributed by atoms with E-state index in [4.69, 9.17) is 4.74 Å². The number of carbonyl (C=O) groups is 2. The molecule has 1 aromatic rings. The first-order valence-electron chi connectivity index (χ1n) is 7.37. The van der Waals surface area contributed by atoms with Gasteiger partial charge in [-0.15, -0.1) is 0 Å². The lowest BCUT2D eigenvalue weighted by Crippen LogP contribution is -2.44. The third-order valence-corrected chi connectivity index (χ3v) is 3.96. The maximum absolute atomic E-state index is 12.6. The van der Waals surface area contributed by atoms with Crippen molar-refractivity contribution in [3.63, 3.8) is 0 Å². The van der Waals surface area contributed by atoms with Gasteiger partial charge in [0, 0.05) is 6.54 Å². The summed E-state index contributed by atoms with van der Waals surface area (Å²) in [6, 6.07) is 6.71. The van der Waals surface area contributed by atoms with Gasteiger partial charge >= 0.3 is 6.03 Å². The van der Waals surface area contributed by atoms with E-state index in [2.05, 4.69) is 10.6 Å². The van der Waals surface area contributed by atoms with Gasteiger partial charge in [0.1, 0.15) is 5.75 Å². The van der Waals surface area contributed by atoms with Crippen LogP contribution >= 0.6 is 0 Å². The summed E-state index contributed by atoms with van der Waals surface area (Å²) in [6.45, 7) is 3.20. The van der Waals surface area contributed by atoms with E-state index < -0.39 is 6.04 Å². The molecule has 0 radical (unpaired) electrons. The third-order valence-electron chi connectivity index (χ3n) is 3.96. The number of methoxy groups -OCH3 is 1. The van der Waals surface area contributed by atoms with Crippen LogP contribution in [0.4, 0.5) is 4.79 Å². The van der Waals surface area contributed by atoms with Gasteiger partial charge in [0.05, 0.1) is 31.0 Å². The van der Waals surface area contributed by atoms with Crippen molar-refractivity contribution >= 4 is 11.9 Å². The van der Waals surface area contributed by atoms with Crippen molar-refractivity contribution < 1.29 is 14.3 Å². The van der Waals surface area contributed by atoms with Crippen LogP contribution in [0.5, 0.6) is 5.75 Å². The van der Waals surface area contributed by atoms with Crippen molar-refractivity contribution in [1.29, 1.82) is 0 Å². The number of urea groups is 1. The second-order valence-corrected chi connectivity index (χ2v) is 5.42. The van der Waals surface area contributed by atoms with Crippen LogP contribution in [0.3, 0.4) is 0 Å². The van der Waals surface area contributed by atoms with Gasteiger partial charge in [-0.25, -0.2) is 4.79 Å². The van der Waals surface area contributed by atoms with E-state index in [0.29, 0.717) is 24.4 Å². The molecule has 0 unspecified atom stereocenters. The summed E-state index contributed by atoms with van der Waals surface area (Å²) in [4.78, 5) is 26.2. The van der Waals surface area contributed by atoms with Crippen LogP contribution in [0.25, 0.3) is 0 Å². The third kappa shape index (κ3) is 2.41. The van der Waals surface area contributed by atoms with Gasteiger partial charge in [-0.05, 0) is 24.1 Å². The van der Waals surface area contributed by atoms with E-state index in [9.17, 15) is 9.59 Å². The molecular formula is C16H19N3O3. The van der Waals surface area contributed by atoms with Crippen LogP contribution in [0.1, 0.15) is 24.9 Å². The minimum absolute atomic E-state index is 0.00910. The average molecular weight is 301 g/mol. The zero-order valence-corrected chi connectivity index (χ0v) is 12.7. The SMILES string of the molecule is CCCN1CC2=C(C1=O)[C@@H](c1ccc(OC)cc1)NC(=O)N2. The molecule has 0 aliphatic carbocycles. The van der Waals surface area contributed by atoms with Gasteiger partial charge < -0.3 is 20.3 Å². The van der Waals surface area contributed by atoms with E-state index in [1.54, 1.807) is 12.0 Å². The molecule has 0 saturated carbocycles. The summed E-state index contributed by atoms with van der Waals surface area (Å²) in [5, 5.41) is 5.60. The standard InChI is InChI=1S/C16H19N3O3/c1-3-8-19-9-12-13(15(19)20)14(18-16(21)17-12)10-4-6-11(22-2)7-5-10/h4-7,14H,3,8-9H2,1-2H3,(H2,17,18,21)/t14-/m1/s1. The predicted molar refractivity (Wildman–Crippen MR) is 81.3 cm³/mol. The highest BCUT2D eigenvalue weighted by molar-refractivity contribution is 6.01. The molecule has 2 N–H and O–H groups in total. The van der Waals surface area contributed by atoms with Gasteiger partial charge in [-0.1, -0.05) is 19.1 Å². The van der Waals surface area contributed by atoms with Crippen LogP contribution in [-0.4, -0.2) is 37.0 Å². The molecule has 6 nitrogen and oxygen atoms in total. The molecular weight excluding hydrogens is 282 g/mol. The Balaban J connectivity index is 1.94. The number of hydrogen-bond acceptors (Lipinski definition) is 3. The summed E-state index contributed by atoms with van der Waals surface area (Å²) in [5.74, 6) is 0.730. The molecule has 0 spiro atoms. The molecule has 1 atom stereocenters. The van der Waals surface area contributed by atoms with Crippen LogP contribution < -0.4 is 15.4 Å². The Morgan fingerprint density at radius 3 is 2.64 bits per heavy atom. The van der Waals surface area contributed by atoms with Crippen LogP contribution in [-0.2, 0) is 4.79 Å². The molecule has 0 bridgehead atoms. The van der Waals surface area contributed by atoms with Crippen molar-refractivity contribution in [3.8, 4) is 5.75 Å². The van der Waals surface area contributed by atoms with Crippen LogP contribution in [0, 0.1) is 0 Å². The van der Waals surface area contributed by atoms with Gasteiger partial charge in [0.2, 0.25) is 0 Å². The fourth-order valence-electron chi connectivity index (χ4n) is 2.93. The van der Waals surface area contributed by atoms with Crippen molar-refractivity contribution in [2.45, 2.75) is 19.4 Å². The molecule has 0 aromatic heterocycles. The highest BCUT2D eigenvalue weighted by Gasteiger charge is 2.39. The minimum atomic E-state index is -0.413. The molecule has 1 aromatic carbocycles. The lowest BCUT2D eigenvalue weighted by atomic mass is 9.96. The Morgan fingerprint density at radius 1 is 1.27 bits per heavy atom. The Kier molecular flexibility index (Phi) is 3.75. The Morgan fingerprint density at radius 2 is 2.00 bits per heavy atom. The number of hydrogen-bond donors (Lipinski definition) is 2. The van der Waals surface area contributed by atoms with Crippen molar-refractivity contribution in [3.05, 3.63) is 41.1 Å². The first kappa shape index (κ1) is 14.4. The highest BCUT2D eigenvalue weighted by atomic mass is 16.5. The number of rotatable bonds is 4. The number of nitrogens with one attached hydrogen (secondary N) is 2. The summed E-state index contributed by atoms with van der Waals surface area (Å²) >= 11 is 0. The largest absolute Gasteiger partial charge is 0.497 e. The molecule has 116 valence electrons. The molecule has 0 saturated heterocycles. The molecule has 3 rings (SSSR count). The number of amides is 3. The lowest BCUT2D eigenvalue weighted by molar-refractivity contribution is -0.125. The van der Waals surface area contributed by atoms with Crippen LogP contribution in [0.15, 0.2) is 35.5 Å². The number of carbonyl (C=O) groups excluding carboxylic acids is 2. The van der Waals surface area contributed by atoms with E-state index >= 15 is 0 Å². The molecule has 2 aliphatic rings. The average Bonchev–Trinajstić information content (AvgIpc) is 2.83. The summed E-state index contributed by atoms with van der Waals surface area (Å²) in [6.07, 6.45) is 0.890. The molecule has 0 fully saturated rings. The summed E-state index contributed by atoms with van der Waals surface area (Å²) < 4.78 is 5.15. The summed E-state index contributed by atoms with van der Waals surface area (Å²) in [5.41, 5.74) is 2.22. The van der Waals surface area contributed by atoms with Crippen LogP contribution in [0.2, 0.25) is 0 Å². The van der Waals surface area contributed by atoms with Gasteiger partial charge in [-0.2, -0.15) is 0 Å². The van der Waals surface area contributed by atoms with E-state index in [1.165, 1.54) is 0 Å². The second kappa shape index (κ2) is 5.71. The van der Waals surface area contributed by atoms with Gasteiger partial charge in [0.25, 0.3) is 5.91 Å². The highest BCUT2D eigenvalue weighted by Crippen LogP contribution is 2.33. The van der Waals surface area contributed by atoms with Gasteiger partial charge in [0.15, 0.2) is 0 Å². The first-order valence-corrected chi connectivity index (χ1v) is 7.37. The zero-order chi connectivity index (χ0) is 15.7. The molecule has 22 heavy (non-hydrogen) atoms. The monoisotopic (exact) mass is 301 g/mol. The first-order chi connectivity index (χ1) is 10.6. The van der Waals surface area contributed by atoms with Gasteiger partial charge in [-0.3, -0.25) is 4.79 Å². The quantitative estimate of drug-likeness (QED) is 0.886. The summed E-state index contributed by atoms with van der Waals surface area (Å²) in [7, 11) is 1.60. The van der Waals surface area contributed by atoms with E-state index in [1.807, 2.05) is 31.2 Å². The van der Waals surface area contributed by atoms with Crippen molar-refractivity contribution in [2.75, 3.05) is 20.2 Å². The lowest BCUT2D eigenvalue weighted by Gasteiger charge is -2.25. The number of benzene rings is 1. The number of ether oxygens (including phenoxy) is 1. The normalized spacial score (nSPS) is 20.6. The maximum Gasteiger partial charge on any atom is 0.319 e. The number of nitrogens with zero attached hydrogens (tertiary/aromatic N) is 1. The molecule has 6 heteroatoms. The minimum Gasteiger partial charge on any atom is -0.497 e. The van der Waals surface area contributed by atoms with E-state index in [0.717, 1.165) is 17.7 Å². The van der Waals surface area contributed by atoms with E-state index in [-0.39, 0.29) is 11.9 Å². The second-order valence-electron chi connectivity index (χ2n) is 5.42. The fraction of sp³-hybridized carbons (Fsp3) is 0.375. The predicted octanol–water partition coefficient (Wildman–Crippen LogP) is 1.56. The Bertz CT molecular complexity index is 637. The van der Waals surface area contributed by atoms with Crippen molar-refractivity contribution in [1.82, 2.24) is 15.5 Å². The molecule has 2 heterocycles. The topological polar surface area (TPSA) is 70.7 Å². The zero-order valence-electron chi connectivity index (χ0n) is 12.7. The Labute approximate surface area is 129 Å². The molecule has 2 aliphatic heterocycles. The maximum atomic E-state index is 12.6.